The van der Waals surface area contributed by atoms with Crippen molar-refractivity contribution >= 4 is 23.2 Å². The van der Waals surface area contributed by atoms with E-state index in [0.29, 0.717) is 22.0 Å². The lowest BCUT2D eigenvalue weighted by atomic mass is 10.0. The Bertz CT molecular complexity index is 538. The third-order valence-electron chi connectivity index (χ3n) is 2.71. The van der Waals surface area contributed by atoms with Gasteiger partial charge in [0, 0.05) is 12.0 Å². The van der Waals surface area contributed by atoms with Crippen molar-refractivity contribution in [3.8, 4) is 5.75 Å². The maximum atomic E-state index is 10.1. The van der Waals surface area contributed by atoms with Crippen LogP contribution < -0.4 is 0 Å². The van der Waals surface area contributed by atoms with Gasteiger partial charge in [-0.25, -0.2) is 0 Å². The van der Waals surface area contributed by atoms with Gasteiger partial charge in [0.2, 0.25) is 0 Å². The van der Waals surface area contributed by atoms with Crippen LogP contribution in [0.4, 0.5) is 0 Å². The fraction of sp³-hybridized carbons (Fsp3) is 0.143. The molecule has 0 aromatic heterocycles. The third kappa shape index (κ3) is 2.96. The molecule has 0 radical (unpaired) electrons. The number of phenols is 1. The van der Waals surface area contributed by atoms with Crippen molar-refractivity contribution < 1.29 is 10.2 Å². The van der Waals surface area contributed by atoms with E-state index < -0.39 is 6.10 Å². The minimum absolute atomic E-state index is 0.203. The lowest BCUT2D eigenvalue weighted by Gasteiger charge is -2.13. The highest BCUT2D eigenvalue weighted by Gasteiger charge is 2.14. The molecule has 0 saturated heterocycles. The first-order valence-corrected chi connectivity index (χ1v) is 6.23. The standard InChI is InChI=1S/C14H12Cl2O2/c15-12-3-1-2-11(14(12)16)13(18)8-9-4-6-10(17)7-5-9/h1-7,13,17-18H,8H2. The molecular formula is C14H12Cl2O2. The molecule has 0 saturated carbocycles. The first-order chi connectivity index (χ1) is 8.58. The lowest BCUT2D eigenvalue weighted by molar-refractivity contribution is 0.178. The van der Waals surface area contributed by atoms with Crippen LogP contribution in [0.1, 0.15) is 17.2 Å². The van der Waals surface area contributed by atoms with E-state index in [9.17, 15) is 10.2 Å². The number of aromatic hydroxyl groups is 1. The van der Waals surface area contributed by atoms with E-state index >= 15 is 0 Å². The zero-order valence-electron chi connectivity index (χ0n) is 9.48. The summed E-state index contributed by atoms with van der Waals surface area (Å²) in [5.41, 5.74) is 1.52. The van der Waals surface area contributed by atoms with Crippen LogP contribution in [0.3, 0.4) is 0 Å². The Hall–Kier alpha value is -1.22. The highest BCUT2D eigenvalue weighted by atomic mass is 35.5. The largest absolute Gasteiger partial charge is 0.508 e. The topological polar surface area (TPSA) is 40.5 Å². The number of rotatable bonds is 3. The van der Waals surface area contributed by atoms with Crippen molar-refractivity contribution in [1.82, 2.24) is 0 Å². The molecule has 1 atom stereocenters. The summed E-state index contributed by atoms with van der Waals surface area (Å²) in [6.07, 6.45) is -0.305. The van der Waals surface area contributed by atoms with Crippen LogP contribution in [0.25, 0.3) is 0 Å². The Morgan fingerprint density at radius 3 is 2.33 bits per heavy atom. The van der Waals surface area contributed by atoms with Crippen LogP contribution in [0, 0.1) is 0 Å². The maximum Gasteiger partial charge on any atom is 0.115 e. The SMILES string of the molecule is Oc1ccc(CC(O)c2cccc(Cl)c2Cl)cc1. The van der Waals surface area contributed by atoms with E-state index in [-0.39, 0.29) is 5.75 Å². The van der Waals surface area contributed by atoms with E-state index in [0.717, 1.165) is 5.56 Å². The van der Waals surface area contributed by atoms with Gasteiger partial charge < -0.3 is 10.2 Å². The van der Waals surface area contributed by atoms with Crippen LogP contribution in [-0.2, 0) is 6.42 Å². The van der Waals surface area contributed by atoms with Gasteiger partial charge in [0.25, 0.3) is 0 Å². The zero-order chi connectivity index (χ0) is 13.1. The molecule has 0 heterocycles. The molecule has 0 bridgehead atoms. The number of aliphatic hydroxyl groups is 1. The molecule has 2 aromatic carbocycles. The fourth-order valence-electron chi connectivity index (χ4n) is 1.74. The van der Waals surface area contributed by atoms with Crippen molar-refractivity contribution in [2.24, 2.45) is 0 Å². The number of benzene rings is 2. The zero-order valence-corrected chi connectivity index (χ0v) is 11.0. The molecular weight excluding hydrogens is 271 g/mol. The molecule has 0 fully saturated rings. The van der Waals surface area contributed by atoms with Crippen molar-refractivity contribution in [2.45, 2.75) is 12.5 Å². The molecule has 2 aromatic rings. The minimum Gasteiger partial charge on any atom is -0.508 e. The van der Waals surface area contributed by atoms with E-state index in [1.807, 2.05) is 0 Å². The number of phenolic OH excluding ortho intramolecular Hbond substituents is 1. The summed E-state index contributed by atoms with van der Waals surface area (Å²) in [5.74, 6) is 0.203. The van der Waals surface area contributed by atoms with Crippen molar-refractivity contribution in [3.05, 3.63) is 63.6 Å². The summed E-state index contributed by atoms with van der Waals surface area (Å²) in [6.45, 7) is 0. The van der Waals surface area contributed by atoms with Crippen molar-refractivity contribution in [3.63, 3.8) is 0 Å². The molecule has 0 amide bonds. The second kappa shape index (κ2) is 5.61. The molecule has 0 aliphatic rings. The average Bonchev–Trinajstić information content (AvgIpc) is 2.35. The third-order valence-corrected chi connectivity index (χ3v) is 3.54. The first-order valence-electron chi connectivity index (χ1n) is 5.48. The molecule has 2 rings (SSSR count). The van der Waals surface area contributed by atoms with Gasteiger partial charge in [-0.15, -0.1) is 0 Å². The Labute approximate surface area is 115 Å². The second-order valence-electron chi connectivity index (χ2n) is 4.03. The quantitative estimate of drug-likeness (QED) is 0.894. The summed E-state index contributed by atoms with van der Waals surface area (Å²) in [4.78, 5) is 0. The van der Waals surface area contributed by atoms with Crippen molar-refractivity contribution in [1.29, 1.82) is 0 Å². The Kier molecular flexibility index (Phi) is 4.12. The van der Waals surface area contributed by atoms with Gasteiger partial charge in [-0.3, -0.25) is 0 Å². The number of aliphatic hydroxyl groups excluding tert-OH is 1. The van der Waals surface area contributed by atoms with Crippen LogP contribution in [0.5, 0.6) is 5.75 Å². The van der Waals surface area contributed by atoms with Crippen molar-refractivity contribution in [2.75, 3.05) is 0 Å². The Balaban J connectivity index is 2.19. The molecule has 0 aliphatic heterocycles. The molecule has 18 heavy (non-hydrogen) atoms. The monoisotopic (exact) mass is 282 g/mol. The summed E-state index contributed by atoms with van der Waals surface area (Å²) < 4.78 is 0. The van der Waals surface area contributed by atoms with Crippen LogP contribution >= 0.6 is 23.2 Å². The van der Waals surface area contributed by atoms with E-state index in [4.69, 9.17) is 23.2 Å². The predicted octanol–water partition coefficient (Wildman–Crippen LogP) is 3.98. The van der Waals surface area contributed by atoms with E-state index in [2.05, 4.69) is 0 Å². The smallest absolute Gasteiger partial charge is 0.115 e. The Morgan fingerprint density at radius 1 is 1.00 bits per heavy atom. The van der Waals surface area contributed by atoms with Gasteiger partial charge >= 0.3 is 0 Å². The van der Waals surface area contributed by atoms with Gasteiger partial charge in [0.15, 0.2) is 0 Å². The normalized spacial score (nSPS) is 12.4. The Morgan fingerprint density at radius 2 is 1.67 bits per heavy atom. The van der Waals surface area contributed by atoms with Gasteiger partial charge in [-0.1, -0.05) is 47.5 Å². The maximum absolute atomic E-state index is 10.1. The first kappa shape index (κ1) is 13.2. The molecule has 94 valence electrons. The molecule has 0 aliphatic carbocycles. The average molecular weight is 283 g/mol. The summed E-state index contributed by atoms with van der Waals surface area (Å²) in [6, 6.07) is 11.9. The van der Waals surface area contributed by atoms with Gasteiger partial charge in [-0.05, 0) is 23.8 Å². The van der Waals surface area contributed by atoms with Crippen LogP contribution in [0.2, 0.25) is 10.0 Å². The molecule has 0 spiro atoms. The van der Waals surface area contributed by atoms with Gasteiger partial charge in [-0.2, -0.15) is 0 Å². The molecule has 1 unspecified atom stereocenters. The summed E-state index contributed by atoms with van der Waals surface area (Å²) >= 11 is 12.0. The minimum atomic E-state index is -0.722. The highest BCUT2D eigenvalue weighted by Crippen LogP contribution is 2.31. The van der Waals surface area contributed by atoms with Crippen LogP contribution in [0.15, 0.2) is 42.5 Å². The molecule has 2 nitrogen and oxygen atoms in total. The van der Waals surface area contributed by atoms with Gasteiger partial charge in [0.1, 0.15) is 5.75 Å². The van der Waals surface area contributed by atoms with Gasteiger partial charge in [0.05, 0.1) is 16.1 Å². The predicted molar refractivity (Wildman–Crippen MR) is 73.2 cm³/mol. The van der Waals surface area contributed by atoms with E-state index in [1.54, 1.807) is 42.5 Å². The van der Waals surface area contributed by atoms with Crippen LogP contribution in [-0.4, -0.2) is 10.2 Å². The number of hydrogen-bond donors (Lipinski definition) is 2. The summed E-state index contributed by atoms with van der Waals surface area (Å²) in [7, 11) is 0. The summed E-state index contributed by atoms with van der Waals surface area (Å²) in [5, 5.41) is 20.1. The lowest BCUT2D eigenvalue weighted by Crippen LogP contribution is -2.02. The van der Waals surface area contributed by atoms with E-state index in [1.165, 1.54) is 0 Å². The fourth-order valence-corrected chi connectivity index (χ4v) is 2.18. The number of halogens is 2. The second-order valence-corrected chi connectivity index (χ2v) is 4.81. The highest BCUT2D eigenvalue weighted by molar-refractivity contribution is 6.42. The molecule has 4 heteroatoms. The number of hydrogen-bond acceptors (Lipinski definition) is 2. The molecule has 2 N–H and O–H groups in total.